The maximum Gasteiger partial charge on any atom is 0.333 e. The smallest absolute Gasteiger partial charge is 0.333 e. The van der Waals surface area contributed by atoms with Crippen LogP contribution in [0.25, 0.3) is 38.8 Å². The first-order valence-corrected chi connectivity index (χ1v) is 16.3. The Kier molecular flexibility index (Phi) is 10.6. The van der Waals surface area contributed by atoms with Crippen LogP contribution in [0, 0.1) is 18.6 Å². The summed E-state index contributed by atoms with van der Waals surface area (Å²) < 4.78 is 40.6. The van der Waals surface area contributed by atoms with Crippen LogP contribution in [0.3, 0.4) is 0 Å². The van der Waals surface area contributed by atoms with Crippen LogP contribution in [0.4, 0.5) is 8.78 Å². The van der Waals surface area contributed by atoms with E-state index in [0.29, 0.717) is 34.2 Å². The fourth-order valence-electron chi connectivity index (χ4n) is 6.34. The van der Waals surface area contributed by atoms with Gasteiger partial charge in [0.15, 0.2) is 11.6 Å². The Labute approximate surface area is 263 Å². The molecule has 0 unspecified atom stereocenters. The molecule has 0 aliphatic carbocycles. The van der Waals surface area contributed by atoms with Gasteiger partial charge in [-0.15, -0.1) is 0 Å². The summed E-state index contributed by atoms with van der Waals surface area (Å²) in [5.74, 6) is -1.25. The van der Waals surface area contributed by atoms with E-state index >= 15 is 8.78 Å². The van der Waals surface area contributed by atoms with Gasteiger partial charge in [-0.2, -0.15) is 5.10 Å². The lowest BCUT2D eigenvalue weighted by molar-refractivity contribution is 0.417. The second kappa shape index (κ2) is 14.8. The minimum absolute atomic E-state index is 0.387. The van der Waals surface area contributed by atoms with Crippen molar-refractivity contribution in [3.63, 3.8) is 0 Å². The average Bonchev–Trinajstić information content (AvgIpc) is 3.51. The summed E-state index contributed by atoms with van der Waals surface area (Å²) in [6.45, 7) is 4.57. The predicted molar refractivity (Wildman–Crippen MR) is 175 cm³/mol. The number of rotatable bonds is 16. The molecule has 0 aliphatic heterocycles. The number of hydrogen-bond acceptors (Lipinski definition) is 5. The number of unbranched alkanes of at least 4 members (excludes halogenated alkanes) is 11. The lowest BCUT2D eigenvalue weighted by Gasteiger charge is -2.12. The summed E-state index contributed by atoms with van der Waals surface area (Å²) in [5.41, 5.74) is 2.87. The summed E-state index contributed by atoms with van der Waals surface area (Å²) in [4.78, 5) is 22.3. The Morgan fingerprint density at radius 2 is 1.47 bits per heavy atom. The standard InChI is InChI=1S/C35H44F2N6O2/c1-5-6-7-8-9-10-11-12-13-14-15-16-17-42-31-22-39-30-19-32(45-4)25(27-23-41(3)40-24(27)2)18-26(30)33(31)43(35(42)44)34-28(36)20-38-21-29(34)37/h18-23H,5-17H2,1-4H3. The molecule has 0 saturated carbocycles. The van der Waals surface area contributed by atoms with Crippen molar-refractivity contribution in [3.8, 4) is 22.6 Å². The molecule has 0 N–H and O–H groups in total. The molecule has 0 aliphatic rings. The van der Waals surface area contributed by atoms with Gasteiger partial charge in [0.05, 0.1) is 47.9 Å². The Morgan fingerprint density at radius 1 is 0.844 bits per heavy atom. The summed E-state index contributed by atoms with van der Waals surface area (Å²) in [6.07, 6.45) is 19.8. The van der Waals surface area contributed by atoms with Gasteiger partial charge in [-0.3, -0.25) is 23.8 Å². The molecule has 0 atom stereocenters. The third-order valence-corrected chi connectivity index (χ3v) is 8.67. The van der Waals surface area contributed by atoms with E-state index in [-0.39, 0.29) is 0 Å². The molecular formula is C35H44F2N6O2. The fourth-order valence-corrected chi connectivity index (χ4v) is 6.34. The molecule has 4 heterocycles. The highest BCUT2D eigenvalue weighted by Gasteiger charge is 2.24. The SMILES string of the molecule is CCCCCCCCCCCCCCn1c(=O)n(-c2c(F)cncc2F)c2c3cc(-c4cn(C)nc4C)c(OC)cc3ncc21. The zero-order valence-corrected chi connectivity index (χ0v) is 26.9. The summed E-state index contributed by atoms with van der Waals surface area (Å²) in [6, 6.07) is 3.65. The van der Waals surface area contributed by atoms with Gasteiger partial charge in [-0.25, -0.2) is 13.6 Å². The van der Waals surface area contributed by atoms with Crippen molar-refractivity contribution >= 4 is 21.9 Å². The first-order valence-electron chi connectivity index (χ1n) is 16.3. The van der Waals surface area contributed by atoms with Gasteiger partial charge in [0.25, 0.3) is 0 Å². The number of hydrogen-bond donors (Lipinski definition) is 0. The van der Waals surface area contributed by atoms with E-state index in [1.807, 2.05) is 26.2 Å². The Hall–Kier alpha value is -4.08. The highest BCUT2D eigenvalue weighted by Crippen LogP contribution is 2.38. The van der Waals surface area contributed by atoms with E-state index in [0.717, 1.165) is 53.0 Å². The third kappa shape index (κ3) is 6.94. The van der Waals surface area contributed by atoms with E-state index in [1.54, 1.807) is 28.6 Å². The molecule has 45 heavy (non-hydrogen) atoms. The Bertz CT molecular complexity index is 1800. The van der Waals surface area contributed by atoms with Crippen LogP contribution in [-0.4, -0.2) is 36.0 Å². The van der Waals surface area contributed by atoms with Gasteiger partial charge >= 0.3 is 5.69 Å². The van der Waals surface area contributed by atoms with Crippen LogP contribution in [0.5, 0.6) is 5.75 Å². The molecule has 8 nitrogen and oxygen atoms in total. The van der Waals surface area contributed by atoms with Crippen molar-refractivity contribution in [2.24, 2.45) is 7.05 Å². The molecule has 0 amide bonds. The topological polar surface area (TPSA) is 79.8 Å². The minimum Gasteiger partial charge on any atom is -0.496 e. The molecule has 4 aromatic heterocycles. The largest absolute Gasteiger partial charge is 0.496 e. The molecule has 0 spiro atoms. The second-order valence-electron chi connectivity index (χ2n) is 12.0. The van der Waals surface area contributed by atoms with E-state index in [1.165, 1.54) is 57.8 Å². The van der Waals surface area contributed by atoms with E-state index in [4.69, 9.17) is 4.74 Å². The third-order valence-electron chi connectivity index (χ3n) is 8.67. The molecule has 5 aromatic rings. The molecule has 0 radical (unpaired) electrons. The van der Waals surface area contributed by atoms with Crippen LogP contribution in [-0.2, 0) is 13.6 Å². The van der Waals surface area contributed by atoms with Gasteiger partial charge in [0.1, 0.15) is 11.4 Å². The molecule has 0 fully saturated rings. The maximum absolute atomic E-state index is 15.2. The fraction of sp³-hybridized carbons (Fsp3) is 0.486. The van der Waals surface area contributed by atoms with Crippen molar-refractivity contribution in [1.29, 1.82) is 0 Å². The minimum atomic E-state index is -0.914. The molecule has 240 valence electrons. The lowest BCUT2D eigenvalue weighted by atomic mass is 10.0. The number of imidazole rings is 1. The zero-order valence-electron chi connectivity index (χ0n) is 26.9. The first kappa shape index (κ1) is 32.3. The molecule has 0 bridgehead atoms. The summed E-state index contributed by atoms with van der Waals surface area (Å²) in [7, 11) is 3.42. The maximum atomic E-state index is 15.2. The number of fused-ring (bicyclic) bond motifs is 3. The Morgan fingerprint density at radius 3 is 2.04 bits per heavy atom. The highest BCUT2D eigenvalue weighted by molar-refractivity contribution is 6.05. The quantitative estimate of drug-likeness (QED) is 0.104. The number of nitrogens with zero attached hydrogens (tertiary/aromatic N) is 6. The normalized spacial score (nSPS) is 11.7. The lowest BCUT2D eigenvalue weighted by Crippen LogP contribution is -2.25. The van der Waals surface area contributed by atoms with E-state index < -0.39 is 23.0 Å². The van der Waals surface area contributed by atoms with Crippen LogP contribution in [0.2, 0.25) is 0 Å². The van der Waals surface area contributed by atoms with Crippen molar-refractivity contribution in [2.45, 2.75) is 97.4 Å². The van der Waals surface area contributed by atoms with E-state index in [9.17, 15) is 4.79 Å². The highest BCUT2D eigenvalue weighted by atomic mass is 19.1. The van der Waals surface area contributed by atoms with Crippen molar-refractivity contribution in [1.82, 2.24) is 28.9 Å². The summed E-state index contributed by atoms with van der Waals surface area (Å²) >= 11 is 0. The monoisotopic (exact) mass is 618 g/mol. The van der Waals surface area contributed by atoms with Gasteiger partial charge in [-0.05, 0) is 19.4 Å². The molecule has 10 heteroatoms. The number of pyridine rings is 2. The predicted octanol–water partition coefficient (Wildman–Crippen LogP) is 8.43. The van der Waals surface area contributed by atoms with Gasteiger partial charge in [0.2, 0.25) is 0 Å². The second-order valence-corrected chi connectivity index (χ2v) is 12.0. The van der Waals surface area contributed by atoms with Crippen molar-refractivity contribution in [2.75, 3.05) is 7.11 Å². The number of aryl methyl sites for hydroxylation is 3. The number of aromatic nitrogens is 6. The molecular weight excluding hydrogens is 574 g/mol. The number of methoxy groups -OCH3 is 1. The van der Waals surface area contributed by atoms with Crippen molar-refractivity contribution in [3.05, 3.63) is 64.7 Å². The molecule has 1 aromatic carbocycles. The molecule has 0 saturated heterocycles. The van der Waals surface area contributed by atoms with E-state index in [2.05, 4.69) is 22.0 Å². The molecule has 5 rings (SSSR count). The van der Waals surface area contributed by atoms with Gasteiger partial charge < -0.3 is 4.74 Å². The van der Waals surface area contributed by atoms with Gasteiger partial charge in [-0.1, -0.05) is 77.6 Å². The van der Waals surface area contributed by atoms with Crippen LogP contribution >= 0.6 is 0 Å². The van der Waals surface area contributed by atoms with Gasteiger partial charge in [0, 0.05) is 42.4 Å². The van der Waals surface area contributed by atoms with Crippen molar-refractivity contribution < 1.29 is 13.5 Å². The number of halogens is 2. The first-order chi connectivity index (χ1) is 21.8. The Balaban J connectivity index is 1.46. The van der Waals surface area contributed by atoms with Crippen LogP contribution in [0.1, 0.15) is 89.7 Å². The number of benzene rings is 1. The van der Waals surface area contributed by atoms with Crippen LogP contribution < -0.4 is 10.4 Å². The number of ether oxygens (including phenoxy) is 1. The summed E-state index contributed by atoms with van der Waals surface area (Å²) in [5, 5.41) is 5.05. The zero-order chi connectivity index (χ0) is 31.9. The average molecular weight is 619 g/mol. The van der Waals surface area contributed by atoms with Crippen LogP contribution in [0.15, 0.2) is 41.7 Å².